The molecule has 1 aromatic heterocycles. The molecule has 1 fully saturated rings. The lowest BCUT2D eigenvalue weighted by Gasteiger charge is -2.38. The van der Waals surface area contributed by atoms with Gasteiger partial charge in [-0.05, 0) is 19.8 Å². The van der Waals surface area contributed by atoms with Crippen molar-refractivity contribution in [2.24, 2.45) is 5.73 Å². The minimum absolute atomic E-state index is 0.280. The number of anilines is 1. The van der Waals surface area contributed by atoms with E-state index in [1.807, 2.05) is 0 Å². The summed E-state index contributed by atoms with van der Waals surface area (Å²) >= 11 is 1.76. The summed E-state index contributed by atoms with van der Waals surface area (Å²) in [6, 6.07) is 0.447. The van der Waals surface area contributed by atoms with E-state index in [9.17, 15) is 0 Å². The summed E-state index contributed by atoms with van der Waals surface area (Å²) < 4.78 is 5.75. The van der Waals surface area contributed by atoms with Gasteiger partial charge in [0, 0.05) is 18.0 Å². The molecule has 0 amide bonds. The van der Waals surface area contributed by atoms with E-state index in [1.165, 1.54) is 10.6 Å². The molecular weight excluding hydrogens is 258 g/mol. The van der Waals surface area contributed by atoms with E-state index in [0.717, 1.165) is 37.5 Å². The number of thiazole rings is 1. The zero-order chi connectivity index (χ0) is 13.8. The van der Waals surface area contributed by atoms with E-state index in [4.69, 9.17) is 15.5 Å². The highest BCUT2D eigenvalue weighted by molar-refractivity contribution is 7.15. The number of aromatic nitrogens is 1. The highest BCUT2D eigenvalue weighted by atomic mass is 32.1. The number of hydrogen-bond acceptors (Lipinski definition) is 5. The third-order valence-electron chi connectivity index (χ3n) is 3.62. The van der Waals surface area contributed by atoms with Gasteiger partial charge in [0.25, 0.3) is 0 Å². The first-order valence-electron chi connectivity index (χ1n) is 7.26. The van der Waals surface area contributed by atoms with Crippen LogP contribution in [0.4, 0.5) is 5.13 Å². The zero-order valence-corrected chi connectivity index (χ0v) is 13.0. The van der Waals surface area contributed by atoms with Crippen molar-refractivity contribution in [3.8, 4) is 0 Å². The number of ether oxygens (including phenoxy) is 1. The molecule has 5 heteroatoms. The molecule has 0 aromatic carbocycles. The predicted molar refractivity (Wildman–Crippen MR) is 80.8 cm³/mol. The summed E-state index contributed by atoms with van der Waals surface area (Å²) in [5, 5.41) is 1.13. The van der Waals surface area contributed by atoms with E-state index >= 15 is 0 Å². The highest BCUT2D eigenvalue weighted by Gasteiger charge is 2.28. The molecule has 2 heterocycles. The Balaban J connectivity index is 2.23. The van der Waals surface area contributed by atoms with Crippen LogP contribution in [-0.2, 0) is 17.7 Å². The standard InChI is InChI=1S/C14H25N3OS/c1-4-6-12-13(7-15)19-14(16-12)17-8-10(3)18-9-11(17)5-2/h10-11H,4-9,15H2,1-3H3. The molecule has 108 valence electrons. The maximum atomic E-state index is 5.85. The van der Waals surface area contributed by atoms with Crippen LogP contribution < -0.4 is 10.6 Å². The summed E-state index contributed by atoms with van der Waals surface area (Å²) in [6.07, 6.45) is 3.52. The third-order valence-corrected chi connectivity index (χ3v) is 4.78. The molecule has 1 aliphatic heterocycles. The zero-order valence-electron chi connectivity index (χ0n) is 12.2. The summed E-state index contributed by atoms with van der Waals surface area (Å²) in [7, 11) is 0. The Morgan fingerprint density at radius 1 is 1.47 bits per heavy atom. The van der Waals surface area contributed by atoms with Crippen LogP contribution in [0.2, 0.25) is 0 Å². The molecule has 2 atom stereocenters. The monoisotopic (exact) mass is 283 g/mol. The first-order valence-corrected chi connectivity index (χ1v) is 8.08. The number of hydrogen-bond donors (Lipinski definition) is 1. The topological polar surface area (TPSA) is 51.4 Å². The Morgan fingerprint density at radius 3 is 2.89 bits per heavy atom. The van der Waals surface area contributed by atoms with E-state index in [-0.39, 0.29) is 6.10 Å². The lowest BCUT2D eigenvalue weighted by atomic mass is 10.1. The lowest BCUT2D eigenvalue weighted by molar-refractivity contribution is 0.0299. The Morgan fingerprint density at radius 2 is 2.26 bits per heavy atom. The first kappa shape index (κ1) is 14.8. The van der Waals surface area contributed by atoms with Crippen molar-refractivity contribution in [1.82, 2.24) is 4.98 Å². The molecule has 0 aliphatic carbocycles. The Hall–Kier alpha value is -0.650. The van der Waals surface area contributed by atoms with Gasteiger partial charge in [-0.2, -0.15) is 0 Å². The molecule has 0 spiro atoms. The summed E-state index contributed by atoms with van der Waals surface area (Å²) in [5.74, 6) is 0. The van der Waals surface area contributed by atoms with Gasteiger partial charge in [0.2, 0.25) is 0 Å². The Bertz CT molecular complexity index is 407. The molecular formula is C14H25N3OS. The van der Waals surface area contributed by atoms with Gasteiger partial charge in [-0.3, -0.25) is 0 Å². The fraction of sp³-hybridized carbons (Fsp3) is 0.786. The van der Waals surface area contributed by atoms with Gasteiger partial charge in [-0.1, -0.05) is 20.3 Å². The minimum atomic E-state index is 0.280. The molecule has 2 N–H and O–H groups in total. The second-order valence-electron chi connectivity index (χ2n) is 5.18. The molecule has 0 saturated carbocycles. The smallest absolute Gasteiger partial charge is 0.186 e. The fourth-order valence-corrected chi connectivity index (χ4v) is 3.57. The normalized spacial score (nSPS) is 23.9. The summed E-state index contributed by atoms with van der Waals surface area (Å²) in [4.78, 5) is 8.49. The van der Waals surface area contributed by atoms with Crippen molar-refractivity contribution in [1.29, 1.82) is 0 Å². The Kier molecular flexibility index (Phi) is 5.19. The predicted octanol–water partition coefficient (Wildman–Crippen LogP) is 2.56. The van der Waals surface area contributed by atoms with E-state index in [0.29, 0.717) is 12.6 Å². The van der Waals surface area contributed by atoms with Crippen LogP contribution in [0.3, 0.4) is 0 Å². The van der Waals surface area contributed by atoms with Gasteiger partial charge in [0.1, 0.15) is 0 Å². The first-order chi connectivity index (χ1) is 9.19. The minimum Gasteiger partial charge on any atom is -0.375 e. The van der Waals surface area contributed by atoms with Crippen LogP contribution in [0.5, 0.6) is 0 Å². The van der Waals surface area contributed by atoms with Gasteiger partial charge < -0.3 is 15.4 Å². The maximum Gasteiger partial charge on any atom is 0.186 e. The maximum absolute atomic E-state index is 5.85. The molecule has 2 unspecified atom stereocenters. The van der Waals surface area contributed by atoms with Crippen LogP contribution >= 0.6 is 11.3 Å². The van der Waals surface area contributed by atoms with Gasteiger partial charge in [-0.25, -0.2) is 4.98 Å². The van der Waals surface area contributed by atoms with Crippen LogP contribution in [0.25, 0.3) is 0 Å². The third kappa shape index (κ3) is 3.27. The highest BCUT2D eigenvalue weighted by Crippen LogP contribution is 2.31. The van der Waals surface area contributed by atoms with Crippen molar-refractivity contribution in [2.75, 3.05) is 18.1 Å². The average molecular weight is 283 g/mol. The van der Waals surface area contributed by atoms with Crippen molar-refractivity contribution in [3.05, 3.63) is 10.6 Å². The molecule has 1 aromatic rings. The average Bonchev–Trinajstić information content (AvgIpc) is 2.82. The molecule has 0 radical (unpaired) electrons. The largest absolute Gasteiger partial charge is 0.375 e. The van der Waals surface area contributed by atoms with E-state index in [2.05, 4.69) is 25.7 Å². The second-order valence-corrected chi connectivity index (χ2v) is 6.24. The van der Waals surface area contributed by atoms with Crippen LogP contribution in [0.15, 0.2) is 0 Å². The van der Waals surface area contributed by atoms with Crippen molar-refractivity contribution in [2.45, 2.75) is 58.7 Å². The number of nitrogens with two attached hydrogens (primary N) is 1. The quantitative estimate of drug-likeness (QED) is 0.902. The van der Waals surface area contributed by atoms with Gasteiger partial charge >= 0.3 is 0 Å². The van der Waals surface area contributed by atoms with Gasteiger partial charge in [0.15, 0.2) is 5.13 Å². The van der Waals surface area contributed by atoms with Crippen LogP contribution in [0.1, 0.15) is 44.2 Å². The molecule has 0 bridgehead atoms. The second kappa shape index (κ2) is 6.68. The molecule has 1 aliphatic rings. The fourth-order valence-electron chi connectivity index (χ4n) is 2.50. The Labute approximate surface area is 120 Å². The summed E-state index contributed by atoms with van der Waals surface area (Å²) in [5.41, 5.74) is 7.04. The van der Waals surface area contributed by atoms with Crippen LogP contribution in [-0.4, -0.2) is 30.3 Å². The van der Waals surface area contributed by atoms with Crippen molar-refractivity contribution < 1.29 is 4.74 Å². The molecule has 19 heavy (non-hydrogen) atoms. The van der Waals surface area contributed by atoms with Crippen molar-refractivity contribution >= 4 is 16.5 Å². The molecule has 2 rings (SSSR count). The lowest BCUT2D eigenvalue weighted by Crippen LogP contribution is -2.48. The van der Waals surface area contributed by atoms with E-state index < -0.39 is 0 Å². The van der Waals surface area contributed by atoms with E-state index in [1.54, 1.807) is 11.3 Å². The summed E-state index contributed by atoms with van der Waals surface area (Å²) in [6.45, 7) is 8.86. The number of morpholine rings is 1. The molecule has 4 nitrogen and oxygen atoms in total. The number of rotatable bonds is 5. The van der Waals surface area contributed by atoms with Crippen molar-refractivity contribution in [3.63, 3.8) is 0 Å². The van der Waals surface area contributed by atoms with Gasteiger partial charge in [0.05, 0.1) is 24.4 Å². The number of aryl methyl sites for hydroxylation is 1. The SMILES string of the molecule is CCCc1nc(N2CC(C)OCC2CC)sc1CN. The number of nitrogens with zero attached hydrogens (tertiary/aromatic N) is 2. The van der Waals surface area contributed by atoms with Gasteiger partial charge in [-0.15, -0.1) is 11.3 Å². The van der Waals surface area contributed by atoms with Crippen LogP contribution in [0, 0.1) is 0 Å². The molecule has 1 saturated heterocycles.